The zero-order chi connectivity index (χ0) is 26.0. The van der Waals surface area contributed by atoms with Gasteiger partial charge in [-0.1, -0.05) is 13.8 Å². The molecular formula is C28H27N3O5. The number of ether oxygens (including phenoxy) is 1. The Morgan fingerprint density at radius 1 is 1.06 bits per heavy atom. The number of nitrogens with zero attached hydrogens (tertiary/aromatic N) is 2. The number of aliphatic hydroxyl groups excluding tert-OH is 1. The lowest BCUT2D eigenvalue weighted by Gasteiger charge is -2.25. The Labute approximate surface area is 209 Å². The lowest BCUT2D eigenvalue weighted by atomic mass is 9.93. The van der Waals surface area contributed by atoms with Gasteiger partial charge in [-0.15, -0.1) is 0 Å². The van der Waals surface area contributed by atoms with Crippen molar-refractivity contribution in [3.8, 4) is 5.75 Å². The van der Waals surface area contributed by atoms with Crippen LogP contribution in [0.5, 0.6) is 5.75 Å². The van der Waals surface area contributed by atoms with E-state index < -0.39 is 17.7 Å². The number of carbonyl (C=O) groups excluding carboxylic acids is 3. The maximum Gasteiger partial charge on any atom is 0.300 e. The summed E-state index contributed by atoms with van der Waals surface area (Å²) in [7, 11) is 1.58. The normalized spacial score (nSPS) is 16.9. The second-order valence-corrected chi connectivity index (χ2v) is 8.79. The monoisotopic (exact) mass is 485 g/mol. The molecule has 1 fully saturated rings. The van der Waals surface area contributed by atoms with Crippen molar-refractivity contribution in [3.05, 3.63) is 89.3 Å². The first-order valence-electron chi connectivity index (χ1n) is 11.5. The van der Waals surface area contributed by atoms with Gasteiger partial charge in [0.25, 0.3) is 11.7 Å². The molecule has 1 aromatic heterocycles. The molecule has 1 aliphatic rings. The number of nitrogens with one attached hydrogen (secondary N) is 1. The number of benzene rings is 2. The number of Topliss-reactive ketones (excluding diaryl/α,β-unsaturated/α-hetero) is 1. The standard InChI is InChI=1S/C28H27N3O5/c1-16(2)22-15-19(5-10-23(22)36-4)26(33)24-25(18-11-13-29-14-12-18)31(28(35)27(24)34)21-8-6-20(7-9-21)30-17(3)32/h5-16,25,33H,1-4H3,(H,30,32)/b26-24-. The van der Waals surface area contributed by atoms with Crippen LogP contribution in [0.4, 0.5) is 11.4 Å². The number of anilines is 2. The van der Waals surface area contributed by atoms with Crippen molar-refractivity contribution in [2.75, 3.05) is 17.3 Å². The molecule has 184 valence electrons. The fraction of sp³-hybridized carbons (Fsp3) is 0.214. The highest BCUT2D eigenvalue weighted by Gasteiger charge is 2.47. The van der Waals surface area contributed by atoms with Crippen LogP contribution >= 0.6 is 0 Å². The molecule has 1 atom stereocenters. The van der Waals surface area contributed by atoms with Crippen molar-refractivity contribution in [1.82, 2.24) is 4.98 Å². The molecule has 1 aliphatic heterocycles. The minimum atomic E-state index is -0.871. The number of hydrogen-bond acceptors (Lipinski definition) is 6. The molecule has 0 bridgehead atoms. The summed E-state index contributed by atoms with van der Waals surface area (Å²) in [6.07, 6.45) is 3.14. The van der Waals surface area contributed by atoms with E-state index in [0.29, 0.717) is 28.3 Å². The molecule has 3 aromatic rings. The molecular weight excluding hydrogens is 458 g/mol. The third kappa shape index (κ3) is 4.57. The number of hydrogen-bond donors (Lipinski definition) is 2. The van der Waals surface area contributed by atoms with Crippen LogP contribution in [-0.2, 0) is 14.4 Å². The Morgan fingerprint density at radius 2 is 1.72 bits per heavy atom. The van der Waals surface area contributed by atoms with E-state index in [2.05, 4.69) is 10.3 Å². The van der Waals surface area contributed by atoms with Gasteiger partial charge in [-0.3, -0.25) is 24.3 Å². The van der Waals surface area contributed by atoms with Crippen molar-refractivity contribution in [3.63, 3.8) is 0 Å². The van der Waals surface area contributed by atoms with Gasteiger partial charge in [0.2, 0.25) is 5.91 Å². The molecule has 2 heterocycles. The Morgan fingerprint density at radius 3 is 2.31 bits per heavy atom. The second-order valence-electron chi connectivity index (χ2n) is 8.79. The van der Waals surface area contributed by atoms with Gasteiger partial charge in [0.05, 0.1) is 18.7 Å². The predicted molar refractivity (Wildman–Crippen MR) is 137 cm³/mol. The molecule has 8 nitrogen and oxygen atoms in total. The van der Waals surface area contributed by atoms with E-state index in [-0.39, 0.29) is 23.2 Å². The molecule has 36 heavy (non-hydrogen) atoms. The van der Waals surface area contributed by atoms with E-state index in [1.54, 1.807) is 74.1 Å². The molecule has 2 amide bonds. The smallest absolute Gasteiger partial charge is 0.300 e. The Hall–Kier alpha value is -4.46. The van der Waals surface area contributed by atoms with E-state index in [4.69, 9.17) is 4.74 Å². The van der Waals surface area contributed by atoms with Gasteiger partial charge in [-0.2, -0.15) is 0 Å². The van der Waals surface area contributed by atoms with Crippen LogP contribution in [0.2, 0.25) is 0 Å². The molecule has 1 unspecified atom stereocenters. The van der Waals surface area contributed by atoms with Crippen molar-refractivity contribution in [1.29, 1.82) is 0 Å². The number of methoxy groups -OCH3 is 1. The highest BCUT2D eigenvalue weighted by Crippen LogP contribution is 2.42. The van der Waals surface area contributed by atoms with Crippen molar-refractivity contribution < 1.29 is 24.2 Å². The molecule has 0 aliphatic carbocycles. The second kappa shape index (κ2) is 10.0. The van der Waals surface area contributed by atoms with Crippen LogP contribution in [0.3, 0.4) is 0 Å². The van der Waals surface area contributed by atoms with Crippen LogP contribution in [0.25, 0.3) is 5.76 Å². The van der Waals surface area contributed by atoms with Crippen molar-refractivity contribution in [2.24, 2.45) is 0 Å². The van der Waals surface area contributed by atoms with Crippen LogP contribution in [-0.4, -0.2) is 34.8 Å². The highest BCUT2D eigenvalue weighted by atomic mass is 16.5. The fourth-order valence-electron chi connectivity index (χ4n) is 4.36. The van der Waals surface area contributed by atoms with E-state index in [9.17, 15) is 19.5 Å². The lowest BCUT2D eigenvalue weighted by molar-refractivity contribution is -0.132. The van der Waals surface area contributed by atoms with E-state index >= 15 is 0 Å². The maximum atomic E-state index is 13.3. The fourth-order valence-corrected chi connectivity index (χ4v) is 4.36. The predicted octanol–water partition coefficient (Wildman–Crippen LogP) is 4.80. The molecule has 1 saturated heterocycles. The van der Waals surface area contributed by atoms with Gasteiger partial charge in [0.15, 0.2) is 0 Å². The number of pyridine rings is 1. The SMILES string of the molecule is COc1ccc(/C(O)=C2/C(=O)C(=O)N(c3ccc(NC(C)=O)cc3)C2c2ccncc2)cc1C(C)C. The van der Waals surface area contributed by atoms with Gasteiger partial charge >= 0.3 is 0 Å². The molecule has 8 heteroatoms. The van der Waals surface area contributed by atoms with Crippen molar-refractivity contribution in [2.45, 2.75) is 32.7 Å². The number of aromatic nitrogens is 1. The topological polar surface area (TPSA) is 109 Å². The number of ketones is 1. The van der Waals surface area contributed by atoms with E-state index in [0.717, 1.165) is 5.56 Å². The minimum Gasteiger partial charge on any atom is -0.507 e. The van der Waals surface area contributed by atoms with Gasteiger partial charge in [0, 0.05) is 36.3 Å². The van der Waals surface area contributed by atoms with Crippen LogP contribution < -0.4 is 15.0 Å². The van der Waals surface area contributed by atoms with Crippen molar-refractivity contribution >= 4 is 34.7 Å². The zero-order valence-electron chi connectivity index (χ0n) is 20.5. The molecule has 0 spiro atoms. The average molecular weight is 486 g/mol. The number of carbonyl (C=O) groups is 3. The number of rotatable bonds is 6. The average Bonchev–Trinajstić information content (AvgIpc) is 3.14. The quantitative estimate of drug-likeness (QED) is 0.295. The molecule has 2 aromatic carbocycles. The summed E-state index contributed by atoms with van der Waals surface area (Å²) in [4.78, 5) is 43.4. The van der Waals surface area contributed by atoms with E-state index in [1.807, 2.05) is 13.8 Å². The minimum absolute atomic E-state index is 0.0167. The van der Waals surface area contributed by atoms with Crippen LogP contribution in [0.1, 0.15) is 49.4 Å². The van der Waals surface area contributed by atoms with Gasteiger partial charge in [-0.05, 0) is 71.6 Å². The Balaban J connectivity index is 1.88. The summed E-state index contributed by atoms with van der Waals surface area (Å²) in [6.45, 7) is 5.41. The largest absolute Gasteiger partial charge is 0.507 e. The first-order valence-corrected chi connectivity index (χ1v) is 11.5. The third-order valence-corrected chi connectivity index (χ3v) is 6.06. The molecule has 2 N–H and O–H groups in total. The summed E-state index contributed by atoms with van der Waals surface area (Å²) in [5, 5.41) is 14.1. The first kappa shape index (κ1) is 24.7. The van der Waals surface area contributed by atoms with Gasteiger partial charge in [0.1, 0.15) is 11.5 Å². The number of aliphatic hydroxyl groups is 1. The molecule has 0 radical (unpaired) electrons. The van der Waals surface area contributed by atoms with Crippen LogP contribution in [0, 0.1) is 0 Å². The lowest BCUT2D eigenvalue weighted by Crippen LogP contribution is -2.29. The first-order chi connectivity index (χ1) is 17.2. The summed E-state index contributed by atoms with van der Waals surface area (Å²) >= 11 is 0. The summed E-state index contributed by atoms with van der Waals surface area (Å²) < 4.78 is 5.44. The zero-order valence-corrected chi connectivity index (χ0v) is 20.5. The Bertz CT molecular complexity index is 1350. The van der Waals surface area contributed by atoms with E-state index in [1.165, 1.54) is 11.8 Å². The number of amides is 2. The maximum absolute atomic E-state index is 13.3. The summed E-state index contributed by atoms with van der Waals surface area (Å²) in [5.41, 5.74) is 2.89. The highest BCUT2D eigenvalue weighted by molar-refractivity contribution is 6.51. The van der Waals surface area contributed by atoms with Crippen LogP contribution in [0.15, 0.2) is 72.6 Å². The Kier molecular flexibility index (Phi) is 6.87. The third-order valence-electron chi connectivity index (χ3n) is 6.06. The van der Waals surface area contributed by atoms with Gasteiger partial charge < -0.3 is 15.2 Å². The molecule has 0 saturated carbocycles. The summed E-state index contributed by atoms with van der Waals surface area (Å²) in [6, 6.07) is 14.3. The van der Waals surface area contributed by atoms with Gasteiger partial charge in [-0.25, -0.2) is 0 Å². The molecule has 4 rings (SSSR count). The summed E-state index contributed by atoms with van der Waals surface area (Å²) in [5.74, 6) is -1.26.